The molecule has 0 aromatic heterocycles. The minimum Gasteiger partial charge on any atom is -0.652 e. The van der Waals surface area contributed by atoms with Crippen LogP contribution in [0.25, 0.3) is 0 Å². The second-order valence-electron chi connectivity index (χ2n) is 22.3. The highest BCUT2D eigenvalue weighted by atomic mass is 16.6. The predicted molar refractivity (Wildman–Crippen MR) is 198 cm³/mol. The molecule has 1 atom stereocenters. The maximum Gasteiger partial charge on any atom is 0.0132 e. The average molecular weight is 675 g/mol. The van der Waals surface area contributed by atoms with E-state index in [9.17, 15) is 0 Å². The van der Waals surface area contributed by atoms with E-state index in [4.69, 9.17) is 15.0 Å². The van der Waals surface area contributed by atoms with E-state index in [1.54, 1.807) is 0 Å². The summed E-state index contributed by atoms with van der Waals surface area (Å²) in [6.07, 6.45) is 9.19. The standard InChI is InChI=1S/C40H78N4.CH2O3/c1-18-31(27-19-32(2,3)41-33(4,5)20-27)40(28-21-34(6,7)42-35(8,9)22-28,29-23-36(10,11)43-37(12,13)24-29)30-25-38(14,15)44-39(16,17)26-30;2-1(3)4/h27-31,41-44H,18-26H2,1-17H3;(H2,2,3,4)/p-2. The van der Waals surface area contributed by atoms with Crippen molar-refractivity contribution in [1.82, 2.24) is 21.3 Å². The Hall–Kier alpha value is -0.890. The molecule has 0 aromatic rings. The van der Waals surface area contributed by atoms with E-state index in [-0.39, 0.29) is 49.7 Å². The summed E-state index contributed by atoms with van der Waals surface area (Å²) in [5.74, 6) is 3.47. The Morgan fingerprint density at radius 2 is 0.688 bits per heavy atom. The van der Waals surface area contributed by atoms with Gasteiger partial charge in [0.05, 0.1) is 0 Å². The summed E-state index contributed by atoms with van der Waals surface area (Å²) in [6, 6.07) is 0. The number of carbonyl (C=O) groups excluding carboxylic acids is 1. The third kappa shape index (κ3) is 10.1. The van der Waals surface area contributed by atoms with Gasteiger partial charge < -0.3 is 36.3 Å². The SMILES string of the molecule is CCC(C1CC(C)(C)NC(C)(C)C1)C(C1CC(C)(C)NC(C)(C)C1)(C1CC(C)(C)NC(C)(C)C1)C1CC(C)(C)NC(C)(C)C1.O=C([O-])[O-]. The van der Waals surface area contributed by atoms with Crippen molar-refractivity contribution in [2.24, 2.45) is 35.0 Å². The van der Waals surface area contributed by atoms with Crippen molar-refractivity contribution in [1.29, 1.82) is 0 Å². The summed E-state index contributed by atoms with van der Waals surface area (Å²) in [4.78, 5) is 8.33. The molecule has 0 aliphatic carbocycles. The van der Waals surface area contributed by atoms with Gasteiger partial charge >= 0.3 is 0 Å². The topological polar surface area (TPSA) is 111 Å². The Morgan fingerprint density at radius 1 is 0.500 bits per heavy atom. The van der Waals surface area contributed by atoms with Crippen LogP contribution in [0.2, 0.25) is 0 Å². The van der Waals surface area contributed by atoms with Gasteiger partial charge in [0.15, 0.2) is 0 Å². The summed E-state index contributed by atoms with van der Waals surface area (Å²) in [5, 5.41) is 33.1. The van der Waals surface area contributed by atoms with Gasteiger partial charge in [0, 0.05) is 44.3 Å². The van der Waals surface area contributed by atoms with Crippen LogP contribution in [-0.4, -0.2) is 50.5 Å². The lowest BCUT2D eigenvalue weighted by Gasteiger charge is -2.68. The van der Waals surface area contributed by atoms with Crippen LogP contribution >= 0.6 is 0 Å². The molecule has 1 unspecified atom stereocenters. The number of carbonyl (C=O) groups is 1. The average Bonchev–Trinajstić information content (AvgIpc) is 2.73. The van der Waals surface area contributed by atoms with Crippen LogP contribution in [0.3, 0.4) is 0 Å². The van der Waals surface area contributed by atoms with Crippen molar-refractivity contribution in [2.45, 2.75) is 220 Å². The molecule has 4 N–H and O–H groups in total. The molecule has 0 radical (unpaired) electrons. The van der Waals surface area contributed by atoms with Crippen LogP contribution in [0.5, 0.6) is 0 Å². The summed E-state index contributed by atoms with van der Waals surface area (Å²) in [6.45, 7) is 42.7. The van der Waals surface area contributed by atoms with Crippen LogP contribution in [0, 0.1) is 35.0 Å². The van der Waals surface area contributed by atoms with E-state index < -0.39 is 6.16 Å². The molecular formula is C41H78N4O3-2. The highest BCUT2D eigenvalue weighted by Crippen LogP contribution is 2.66. The molecule has 0 aromatic carbocycles. The molecule has 0 saturated carbocycles. The number of rotatable bonds is 6. The lowest BCUT2D eigenvalue weighted by molar-refractivity contribution is -0.415. The number of carboxylic acid groups (broad SMARTS) is 2. The Morgan fingerprint density at radius 3 is 0.875 bits per heavy atom. The van der Waals surface area contributed by atoms with Crippen LogP contribution in [0.1, 0.15) is 175 Å². The smallest absolute Gasteiger partial charge is 0.0132 e. The van der Waals surface area contributed by atoms with E-state index >= 15 is 0 Å². The van der Waals surface area contributed by atoms with Crippen LogP contribution in [-0.2, 0) is 0 Å². The summed E-state index contributed by atoms with van der Waals surface area (Å²) in [7, 11) is 0. The molecule has 282 valence electrons. The van der Waals surface area contributed by atoms with Crippen molar-refractivity contribution in [2.75, 3.05) is 0 Å². The Kier molecular flexibility index (Phi) is 11.5. The van der Waals surface area contributed by atoms with E-state index in [1.807, 2.05) is 0 Å². The lowest BCUT2D eigenvalue weighted by atomic mass is 9.41. The molecule has 0 bridgehead atoms. The van der Waals surface area contributed by atoms with Gasteiger partial charge in [0.25, 0.3) is 0 Å². The van der Waals surface area contributed by atoms with Gasteiger partial charge in [0.2, 0.25) is 0 Å². The minimum absolute atomic E-state index is 0.124. The van der Waals surface area contributed by atoms with Crippen LogP contribution in [0.15, 0.2) is 0 Å². The zero-order valence-corrected chi connectivity index (χ0v) is 34.5. The molecule has 4 saturated heterocycles. The molecular weight excluding hydrogens is 596 g/mol. The first-order valence-corrected chi connectivity index (χ1v) is 19.3. The maximum atomic E-state index is 8.33. The summed E-state index contributed by atoms with van der Waals surface area (Å²) >= 11 is 0. The van der Waals surface area contributed by atoms with Gasteiger partial charge in [-0.05, 0) is 203 Å². The number of hydrogen-bond acceptors (Lipinski definition) is 7. The van der Waals surface area contributed by atoms with E-state index in [2.05, 4.69) is 139 Å². The molecule has 48 heavy (non-hydrogen) atoms. The minimum atomic E-state index is -2.33. The largest absolute Gasteiger partial charge is 0.652 e. The molecule has 0 spiro atoms. The Balaban J connectivity index is 0.00000148. The second-order valence-corrected chi connectivity index (χ2v) is 22.3. The van der Waals surface area contributed by atoms with Crippen molar-refractivity contribution in [3.8, 4) is 0 Å². The number of nitrogens with one attached hydrogen (secondary N) is 4. The summed E-state index contributed by atoms with van der Waals surface area (Å²) < 4.78 is 0. The molecule has 4 fully saturated rings. The molecule has 7 nitrogen and oxygen atoms in total. The van der Waals surface area contributed by atoms with E-state index in [0.717, 1.165) is 5.92 Å². The van der Waals surface area contributed by atoms with Crippen LogP contribution < -0.4 is 31.5 Å². The third-order valence-electron chi connectivity index (χ3n) is 12.6. The first-order valence-electron chi connectivity index (χ1n) is 19.3. The molecule has 4 rings (SSSR count). The molecule has 7 heteroatoms. The van der Waals surface area contributed by atoms with Gasteiger partial charge in [-0.25, -0.2) is 0 Å². The summed E-state index contributed by atoms with van der Waals surface area (Å²) in [5.41, 5.74) is 1.30. The number of piperidine rings is 4. The Labute approximate surface area is 296 Å². The Bertz CT molecular complexity index is 973. The van der Waals surface area contributed by atoms with E-state index in [0.29, 0.717) is 23.7 Å². The third-order valence-corrected chi connectivity index (χ3v) is 12.6. The van der Waals surface area contributed by atoms with Gasteiger partial charge in [-0.1, -0.05) is 13.3 Å². The molecule has 0 amide bonds. The zero-order valence-electron chi connectivity index (χ0n) is 34.5. The first-order chi connectivity index (χ1) is 21.3. The molecule has 4 aliphatic heterocycles. The highest BCUT2D eigenvalue weighted by Gasteiger charge is 2.64. The maximum absolute atomic E-state index is 8.33. The predicted octanol–water partition coefficient (Wildman–Crippen LogP) is 6.78. The van der Waals surface area contributed by atoms with Crippen molar-refractivity contribution >= 4 is 6.16 Å². The fourth-order valence-corrected chi connectivity index (χ4v) is 13.7. The zero-order chi connectivity index (χ0) is 37.2. The monoisotopic (exact) mass is 675 g/mol. The second kappa shape index (κ2) is 13.3. The van der Waals surface area contributed by atoms with Gasteiger partial charge in [-0.2, -0.15) is 0 Å². The van der Waals surface area contributed by atoms with Gasteiger partial charge in [0.1, 0.15) is 0 Å². The van der Waals surface area contributed by atoms with Crippen molar-refractivity contribution < 1.29 is 15.0 Å². The fourth-order valence-electron chi connectivity index (χ4n) is 13.7. The number of hydrogen-bond donors (Lipinski definition) is 4. The lowest BCUT2D eigenvalue weighted by Crippen LogP contribution is -2.70. The first kappa shape index (κ1) is 41.5. The van der Waals surface area contributed by atoms with Crippen molar-refractivity contribution in [3.05, 3.63) is 0 Å². The fraction of sp³-hybridized carbons (Fsp3) is 0.976. The van der Waals surface area contributed by atoms with Gasteiger partial charge in [-0.15, -0.1) is 0 Å². The molecule has 4 aliphatic rings. The normalized spacial score (nSPS) is 30.4. The van der Waals surface area contributed by atoms with Crippen LogP contribution in [0.4, 0.5) is 4.79 Å². The van der Waals surface area contributed by atoms with E-state index in [1.165, 1.54) is 57.8 Å². The van der Waals surface area contributed by atoms with Gasteiger partial charge in [-0.3, -0.25) is 0 Å². The quantitative estimate of drug-likeness (QED) is 0.246. The highest BCUT2D eigenvalue weighted by molar-refractivity contribution is 5.47. The molecule has 4 heterocycles. The van der Waals surface area contributed by atoms with Crippen molar-refractivity contribution in [3.63, 3.8) is 0 Å².